The van der Waals surface area contributed by atoms with Crippen molar-refractivity contribution >= 4 is 35.0 Å². The molecule has 2 amide bonds. The van der Waals surface area contributed by atoms with Crippen molar-refractivity contribution in [2.45, 2.75) is 45.9 Å². The van der Waals surface area contributed by atoms with E-state index < -0.39 is 6.04 Å². The normalized spacial score (nSPS) is 11.8. The SMILES string of the molecule is CC(C)OCCCNC(=O)[C@@H](C)N(Cc1ccc(Cl)cc1)C(=O)COc1ccccc1Cl. The fourth-order valence-electron chi connectivity index (χ4n) is 2.90. The number of hydrogen-bond donors (Lipinski definition) is 1. The molecule has 0 heterocycles. The molecule has 0 aromatic heterocycles. The van der Waals surface area contributed by atoms with E-state index in [9.17, 15) is 9.59 Å². The highest BCUT2D eigenvalue weighted by molar-refractivity contribution is 6.32. The van der Waals surface area contributed by atoms with Crippen molar-refractivity contribution in [3.8, 4) is 5.75 Å². The molecule has 0 aliphatic carbocycles. The average molecular weight is 481 g/mol. The summed E-state index contributed by atoms with van der Waals surface area (Å²) in [6.07, 6.45) is 0.840. The summed E-state index contributed by atoms with van der Waals surface area (Å²) in [6, 6.07) is 13.4. The lowest BCUT2D eigenvalue weighted by atomic mass is 10.1. The van der Waals surface area contributed by atoms with Crippen LogP contribution in [0.25, 0.3) is 0 Å². The van der Waals surface area contributed by atoms with Crippen molar-refractivity contribution in [3.05, 3.63) is 64.1 Å². The maximum atomic E-state index is 13.0. The number of nitrogens with one attached hydrogen (secondary N) is 1. The lowest BCUT2D eigenvalue weighted by Gasteiger charge is -2.29. The van der Waals surface area contributed by atoms with Gasteiger partial charge in [0, 0.05) is 24.7 Å². The number of carbonyl (C=O) groups is 2. The van der Waals surface area contributed by atoms with E-state index in [0.29, 0.717) is 35.4 Å². The predicted octanol–water partition coefficient (Wildman–Crippen LogP) is 4.72. The molecule has 2 rings (SSSR count). The Bertz CT molecular complexity index is 875. The number of nitrogens with zero attached hydrogens (tertiary/aromatic N) is 1. The first-order valence-corrected chi connectivity index (χ1v) is 11.3. The van der Waals surface area contributed by atoms with Crippen LogP contribution in [0.15, 0.2) is 48.5 Å². The molecule has 1 atom stereocenters. The first kappa shape index (κ1) is 26.0. The summed E-state index contributed by atoms with van der Waals surface area (Å²) in [4.78, 5) is 27.2. The fourth-order valence-corrected chi connectivity index (χ4v) is 3.22. The van der Waals surface area contributed by atoms with E-state index in [4.69, 9.17) is 32.7 Å². The van der Waals surface area contributed by atoms with Gasteiger partial charge >= 0.3 is 0 Å². The Morgan fingerprint density at radius 2 is 1.72 bits per heavy atom. The third-order valence-corrected chi connectivity index (χ3v) is 5.26. The van der Waals surface area contributed by atoms with Crippen LogP contribution in [0.5, 0.6) is 5.75 Å². The Morgan fingerprint density at radius 1 is 1.03 bits per heavy atom. The van der Waals surface area contributed by atoms with Crippen LogP contribution >= 0.6 is 23.2 Å². The van der Waals surface area contributed by atoms with Gasteiger partial charge in [0.2, 0.25) is 5.91 Å². The molecular weight excluding hydrogens is 451 g/mol. The van der Waals surface area contributed by atoms with E-state index in [1.807, 2.05) is 26.0 Å². The summed E-state index contributed by atoms with van der Waals surface area (Å²) in [7, 11) is 0. The van der Waals surface area contributed by atoms with E-state index in [-0.39, 0.29) is 31.1 Å². The summed E-state index contributed by atoms with van der Waals surface area (Å²) in [5.74, 6) is -0.156. The quantitative estimate of drug-likeness (QED) is 0.446. The van der Waals surface area contributed by atoms with Crippen molar-refractivity contribution in [2.24, 2.45) is 0 Å². The lowest BCUT2D eigenvalue weighted by molar-refractivity contribution is -0.142. The van der Waals surface area contributed by atoms with Crippen molar-refractivity contribution in [1.82, 2.24) is 10.2 Å². The monoisotopic (exact) mass is 480 g/mol. The Balaban J connectivity index is 2.03. The minimum atomic E-state index is -0.695. The first-order valence-electron chi connectivity index (χ1n) is 10.6. The highest BCUT2D eigenvalue weighted by atomic mass is 35.5. The number of benzene rings is 2. The van der Waals surface area contributed by atoms with Gasteiger partial charge in [-0.3, -0.25) is 9.59 Å². The Morgan fingerprint density at radius 3 is 2.38 bits per heavy atom. The molecular formula is C24H30Cl2N2O4. The molecule has 174 valence electrons. The van der Waals surface area contributed by atoms with Crippen LogP contribution in [0.4, 0.5) is 0 Å². The van der Waals surface area contributed by atoms with Crippen molar-refractivity contribution < 1.29 is 19.1 Å². The molecule has 1 N–H and O–H groups in total. The van der Waals surface area contributed by atoms with Gasteiger partial charge in [0.25, 0.3) is 5.91 Å². The second-order valence-electron chi connectivity index (χ2n) is 7.61. The van der Waals surface area contributed by atoms with Gasteiger partial charge in [-0.05, 0) is 57.0 Å². The highest BCUT2D eigenvalue weighted by Crippen LogP contribution is 2.23. The number of rotatable bonds is 12. The molecule has 0 radical (unpaired) electrons. The summed E-state index contributed by atoms with van der Waals surface area (Å²) >= 11 is 12.1. The lowest BCUT2D eigenvalue weighted by Crippen LogP contribution is -2.49. The van der Waals surface area contributed by atoms with Crippen LogP contribution in [-0.4, -0.2) is 48.6 Å². The van der Waals surface area contributed by atoms with E-state index in [1.165, 1.54) is 4.90 Å². The number of amides is 2. The Kier molecular flexibility index (Phi) is 10.8. The van der Waals surface area contributed by atoms with Crippen LogP contribution in [0.2, 0.25) is 10.0 Å². The molecule has 0 fully saturated rings. The van der Waals surface area contributed by atoms with Crippen LogP contribution in [0, 0.1) is 0 Å². The van der Waals surface area contributed by atoms with E-state index >= 15 is 0 Å². The van der Waals surface area contributed by atoms with E-state index in [1.54, 1.807) is 43.3 Å². The fraction of sp³-hybridized carbons (Fsp3) is 0.417. The topological polar surface area (TPSA) is 67.9 Å². The summed E-state index contributed by atoms with van der Waals surface area (Å²) in [6.45, 7) is 6.66. The van der Waals surface area contributed by atoms with Crippen molar-refractivity contribution in [1.29, 1.82) is 0 Å². The zero-order valence-corrected chi connectivity index (χ0v) is 20.2. The number of hydrogen-bond acceptors (Lipinski definition) is 4. The van der Waals surface area contributed by atoms with Gasteiger partial charge in [0.1, 0.15) is 11.8 Å². The maximum Gasteiger partial charge on any atom is 0.261 e. The molecule has 32 heavy (non-hydrogen) atoms. The first-order chi connectivity index (χ1) is 15.3. The van der Waals surface area contributed by atoms with Crippen LogP contribution in [0.1, 0.15) is 32.8 Å². The van der Waals surface area contributed by atoms with Gasteiger partial charge in [0.05, 0.1) is 11.1 Å². The van der Waals surface area contributed by atoms with Crippen LogP contribution in [-0.2, 0) is 20.9 Å². The number of carbonyl (C=O) groups excluding carboxylic acids is 2. The van der Waals surface area contributed by atoms with Gasteiger partial charge in [-0.2, -0.15) is 0 Å². The minimum absolute atomic E-state index is 0.148. The van der Waals surface area contributed by atoms with Crippen molar-refractivity contribution in [3.63, 3.8) is 0 Å². The molecule has 8 heteroatoms. The largest absolute Gasteiger partial charge is 0.482 e. The molecule has 0 saturated carbocycles. The number of ether oxygens (including phenoxy) is 2. The van der Waals surface area contributed by atoms with Gasteiger partial charge in [0.15, 0.2) is 6.61 Å². The van der Waals surface area contributed by atoms with Gasteiger partial charge in [-0.15, -0.1) is 0 Å². The Hall–Kier alpha value is -2.28. The zero-order chi connectivity index (χ0) is 23.5. The average Bonchev–Trinajstić information content (AvgIpc) is 2.77. The van der Waals surface area contributed by atoms with E-state index in [2.05, 4.69) is 5.32 Å². The summed E-state index contributed by atoms with van der Waals surface area (Å²) in [5.41, 5.74) is 0.852. The van der Waals surface area contributed by atoms with Crippen molar-refractivity contribution in [2.75, 3.05) is 19.8 Å². The standard InChI is InChI=1S/C24H30Cl2N2O4/c1-17(2)31-14-6-13-27-24(30)18(3)28(15-19-9-11-20(25)12-10-19)23(29)16-32-22-8-5-4-7-21(22)26/h4-5,7-12,17-18H,6,13-16H2,1-3H3,(H,27,30)/t18-/m1/s1. The molecule has 0 spiro atoms. The van der Waals surface area contributed by atoms with Gasteiger partial charge in [-0.25, -0.2) is 0 Å². The van der Waals surface area contributed by atoms with Crippen LogP contribution in [0.3, 0.4) is 0 Å². The Labute approximate surface area is 199 Å². The third-order valence-electron chi connectivity index (χ3n) is 4.69. The van der Waals surface area contributed by atoms with Gasteiger partial charge < -0.3 is 19.7 Å². The van der Waals surface area contributed by atoms with Crippen LogP contribution < -0.4 is 10.1 Å². The maximum absolute atomic E-state index is 13.0. The summed E-state index contributed by atoms with van der Waals surface area (Å²) in [5, 5.41) is 3.89. The highest BCUT2D eigenvalue weighted by Gasteiger charge is 2.26. The number of para-hydroxylation sites is 1. The second-order valence-corrected chi connectivity index (χ2v) is 8.45. The second kappa shape index (κ2) is 13.3. The third kappa shape index (κ3) is 8.69. The van der Waals surface area contributed by atoms with E-state index in [0.717, 1.165) is 5.56 Å². The summed E-state index contributed by atoms with van der Waals surface area (Å²) < 4.78 is 11.1. The molecule has 0 saturated heterocycles. The molecule has 2 aromatic rings. The molecule has 2 aromatic carbocycles. The number of halogens is 2. The molecule has 0 aliphatic heterocycles. The zero-order valence-electron chi connectivity index (χ0n) is 18.6. The smallest absolute Gasteiger partial charge is 0.261 e. The predicted molar refractivity (Wildman–Crippen MR) is 127 cm³/mol. The molecule has 6 nitrogen and oxygen atoms in total. The molecule has 0 aliphatic rings. The molecule has 0 unspecified atom stereocenters. The minimum Gasteiger partial charge on any atom is -0.482 e. The van der Waals surface area contributed by atoms with Gasteiger partial charge in [-0.1, -0.05) is 47.5 Å². The molecule has 0 bridgehead atoms.